The molecule has 96 valence electrons. The van der Waals surface area contributed by atoms with Gasteiger partial charge < -0.3 is 5.32 Å². The van der Waals surface area contributed by atoms with Crippen molar-refractivity contribution in [2.24, 2.45) is 5.92 Å². The molecule has 0 aromatic heterocycles. The average Bonchev–Trinajstić information content (AvgIpc) is 2.24. The normalized spacial score (nSPS) is 14.1. The van der Waals surface area contributed by atoms with Crippen molar-refractivity contribution in [2.75, 3.05) is 0 Å². The topological polar surface area (TPSA) is 12.0 Å². The molecule has 0 saturated heterocycles. The first-order valence-electron chi connectivity index (χ1n) is 5.71. The van der Waals surface area contributed by atoms with Gasteiger partial charge in [0, 0.05) is 12.6 Å². The summed E-state index contributed by atoms with van der Waals surface area (Å²) in [6.45, 7) is 6.29. The Kier molecular flexibility index (Phi) is 4.57. The fourth-order valence-electron chi connectivity index (χ4n) is 1.46. The van der Waals surface area contributed by atoms with Gasteiger partial charge in [-0.2, -0.15) is 13.2 Å². The quantitative estimate of drug-likeness (QED) is 0.849. The number of benzene rings is 1. The van der Waals surface area contributed by atoms with E-state index >= 15 is 0 Å². The lowest BCUT2D eigenvalue weighted by molar-refractivity contribution is -0.138. The van der Waals surface area contributed by atoms with Gasteiger partial charge in [0.25, 0.3) is 0 Å². The van der Waals surface area contributed by atoms with Gasteiger partial charge in [-0.3, -0.25) is 0 Å². The minimum atomic E-state index is -4.28. The van der Waals surface area contributed by atoms with Gasteiger partial charge in [0.1, 0.15) is 0 Å². The number of alkyl halides is 3. The smallest absolute Gasteiger partial charge is 0.310 e. The van der Waals surface area contributed by atoms with Crippen molar-refractivity contribution in [2.45, 2.75) is 39.5 Å². The predicted molar refractivity (Wildman–Crippen MR) is 62.6 cm³/mol. The highest BCUT2D eigenvalue weighted by Crippen LogP contribution is 2.31. The van der Waals surface area contributed by atoms with Crippen LogP contribution in [0.25, 0.3) is 0 Å². The van der Waals surface area contributed by atoms with E-state index in [4.69, 9.17) is 0 Å². The molecular formula is C13H18F3N. The van der Waals surface area contributed by atoms with Crippen LogP contribution in [0.1, 0.15) is 31.9 Å². The molecule has 1 nitrogen and oxygen atoms in total. The number of rotatable bonds is 4. The second-order valence-corrected chi connectivity index (χ2v) is 4.57. The summed E-state index contributed by atoms with van der Waals surface area (Å²) >= 11 is 0. The number of hydrogen-bond acceptors (Lipinski definition) is 1. The largest absolute Gasteiger partial charge is 0.416 e. The van der Waals surface area contributed by atoms with E-state index < -0.39 is 11.7 Å². The van der Waals surface area contributed by atoms with Gasteiger partial charge in [0.05, 0.1) is 5.56 Å². The summed E-state index contributed by atoms with van der Waals surface area (Å²) in [5.41, 5.74) is -0.254. The lowest BCUT2D eigenvalue weighted by Crippen LogP contribution is -2.31. The molecule has 1 atom stereocenters. The van der Waals surface area contributed by atoms with E-state index in [0.29, 0.717) is 11.5 Å². The minimum Gasteiger partial charge on any atom is -0.310 e. The van der Waals surface area contributed by atoms with Gasteiger partial charge in [0.15, 0.2) is 0 Å². The molecule has 0 radical (unpaired) electrons. The van der Waals surface area contributed by atoms with Crippen LogP contribution < -0.4 is 5.32 Å². The van der Waals surface area contributed by atoms with Crippen LogP contribution in [0.4, 0.5) is 13.2 Å². The molecule has 4 heteroatoms. The monoisotopic (exact) mass is 245 g/mol. The Hall–Kier alpha value is -1.03. The van der Waals surface area contributed by atoms with E-state index in [1.54, 1.807) is 6.07 Å². The highest BCUT2D eigenvalue weighted by molar-refractivity contribution is 5.29. The molecule has 0 saturated carbocycles. The first-order valence-corrected chi connectivity index (χ1v) is 5.71. The SMILES string of the molecule is CC(C)C(C)NCc1ccccc1C(F)(F)F. The molecule has 0 bridgehead atoms. The highest BCUT2D eigenvalue weighted by atomic mass is 19.4. The molecule has 1 unspecified atom stereocenters. The third-order valence-electron chi connectivity index (χ3n) is 2.94. The van der Waals surface area contributed by atoms with E-state index in [-0.39, 0.29) is 12.6 Å². The second-order valence-electron chi connectivity index (χ2n) is 4.57. The van der Waals surface area contributed by atoms with Gasteiger partial charge in [-0.25, -0.2) is 0 Å². The molecule has 1 N–H and O–H groups in total. The van der Waals surface area contributed by atoms with Crippen molar-refractivity contribution in [3.05, 3.63) is 35.4 Å². The molecule has 0 aliphatic rings. The predicted octanol–water partition coefficient (Wildman–Crippen LogP) is 3.84. The van der Waals surface area contributed by atoms with Crippen LogP contribution in [0, 0.1) is 5.92 Å². The Morgan fingerprint density at radius 1 is 1.12 bits per heavy atom. The summed E-state index contributed by atoms with van der Waals surface area (Å²) in [5, 5.41) is 3.11. The zero-order valence-electron chi connectivity index (χ0n) is 10.3. The Bertz CT molecular complexity index is 358. The van der Waals surface area contributed by atoms with Crippen molar-refractivity contribution < 1.29 is 13.2 Å². The van der Waals surface area contributed by atoms with Crippen molar-refractivity contribution in [3.8, 4) is 0 Å². The summed E-state index contributed by atoms with van der Waals surface area (Å²) in [5.74, 6) is 0.396. The zero-order valence-corrected chi connectivity index (χ0v) is 10.3. The van der Waals surface area contributed by atoms with Crippen LogP contribution in [-0.2, 0) is 12.7 Å². The molecule has 0 spiro atoms. The van der Waals surface area contributed by atoms with Crippen LogP contribution in [-0.4, -0.2) is 6.04 Å². The highest BCUT2D eigenvalue weighted by Gasteiger charge is 2.32. The fourth-order valence-corrected chi connectivity index (χ4v) is 1.46. The van der Waals surface area contributed by atoms with Crippen molar-refractivity contribution >= 4 is 0 Å². The van der Waals surface area contributed by atoms with Crippen LogP contribution in [0.5, 0.6) is 0 Å². The average molecular weight is 245 g/mol. The minimum absolute atomic E-state index is 0.191. The molecule has 1 aromatic carbocycles. The van der Waals surface area contributed by atoms with E-state index in [2.05, 4.69) is 5.32 Å². The molecule has 0 heterocycles. The van der Waals surface area contributed by atoms with Crippen LogP contribution in [0.3, 0.4) is 0 Å². The molecular weight excluding hydrogens is 227 g/mol. The third kappa shape index (κ3) is 4.04. The molecule has 0 aliphatic carbocycles. The lowest BCUT2D eigenvalue weighted by Gasteiger charge is -2.19. The van der Waals surface area contributed by atoms with Crippen LogP contribution >= 0.6 is 0 Å². The van der Waals surface area contributed by atoms with Crippen molar-refractivity contribution in [1.29, 1.82) is 0 Å². The van der Waals surface area contributed by atoms with Crippen LogP contribution in [0.15, 0.2) is 24.3 Å². The van der Waals surface area contributed by atoms with E-state index in [1.165, 1.54) is 12.1 Å². The fraction of sp³-hybridized carbons (Fsp3) is 0.538. The number of halogens is 3. The Labute approximate surface area is 100 Å². The summed E-state index contributed by atoms with van der Waals surface area (Å²) in [7, 11) is 0. The first-order chi connectivity index (χ1) is 7.82. The number of nitrogens with one attached hydrogen (secondary N) is 1. The van der Waals surface area contributed by atoms with Gasteiger partial charge in [0.2, 0.25) is 0 Å². The standard InChI is InChI=1S/C13H18F3N/c1-9(2)10(3)17-8-11-6-4-5-7-12(11)13(14,15)16/h4-7,9-10,17H,8H2,1-3H3. The van der Waals surface area contributed by atoms with Gasteiger partial charge in [-0.05, 0) is 24.5 Å². The summed E-state index contributed by atoms with van der Waals surface area (Å²) in [6, 6.07) is 5.88. The van der Waals surface area contributed by atoms with E-state index in [9.17, 15) is 13.2 Å². The molecule has 17 heavy (non-hydrogen) atoms. The van der Waals surface area contributed by atoms with Crippen molar-refractivity contribution in [3.63, 3.8) is 0 Å². The van der Waals surface area contributed by atoms with Crippen molar-refractivity contribution in [1.82, 2.24) is 5.32 Å². The maximum absolute atomic E-state index is 12.7. The Morgan fingerprint density at radius 3 is 2.24 bits per heavy atom. The molecule has 0 fully saturated rings. The molecule has 1 rings (SSSR count). The summed E-state index contributed by atoms with van der Waals surface area (Å²) < 4.78 is 38.1. The zero-order chi connectivity index (χ0) is 13.1. The number of hydrogen-bond donors (Lipinski definition) is 1. The second kappa shape index (κ2) is 5.54. The lowest BCUT2D eigenvalue weighted by atomic mass is 10.0. The van der Waals surface area contributed by atoms with Gasteiger partial charge >= 0.3 is 6.18 Å². The Morgan fingerprint density at radius 2 is 1.71 bits per heavy atom. The van der Waals surface area contributed by atoms with Gasteiger partial charge in [-0.15, -0.1) is 0 Å². The van der Waals surface area contributed by atoms with E-state index in [1.807, 2.05) is 20.8 Å². The molecule has 0 aliphatic heterocycles. The summed E-state index contributed by atoms with van der Waals surface area (Å²) in [6.07, 6.45) is -4.28. The van der Waals surface area contributed by atoms with Gasteiger partial charge in [-0.1, -0.05) is 32.0 Å². The maximum Gasteiger partial charge on any atom is 0.416 e. The maximum atomic E-state index is 12.7. The third-order valence-corrected chi connectivity index (χ3v) is 2.94. The molecule has 1 aromatic rings. The first kappa shape index (κ1) is 14.0. The van der Waals surface area contributed by atoms with Crippen LogP contribution in [0.2, 0.25) is 0 Å². The Balaban J connectivity index is 2.78. The molecule has 0 amide bonds. The van der Waals surface area contributed by atoms with E-state index in [0.717, 1.165) is 6.07 Å². The summed E-state index contributed by atoms with van der Waals surface area (Å²) in [4.78, 5) is 0.